The zero-order chi connectivity index (χ0) is 25.2. The highest BCUT2D eigenvalue weighted by atomic mass is 35.5. The number of fused-ring (bicyclic) bond motifs is 1. The molecule has 0 saturated carbocycles. The molecule has 1 aliphatic carbocycles. The number of allylic oxidation sites excluding steroid dienone is 1. The number of nitrogens with one attached hydrogen (secondary N) is 2. The second-order valence-electron chi connectivity index (χ2n) is 9.69. The molecule has 0 radical (unpaired) electrons. The summed E-state index contributed by atoms with van der Waals surface area (Å²) < 4.78 is 0. The van der Waals surface area contributed by atoms with Gasteiger partial charge >= 0.3 is 0 Å². The third-order valence-electron chi connectivity index (χ3n) is 7.27. The molecule has 8 heteroatoms. The van der Waals surface area contributed by atoms with Gasteiger partial charge in [0.1, 0.15) is 6.04 Å². The van der Waals surface area contributed by atoms with Crippen LogP contribution in [-0.2, 0) is 14.4 Å². The van der Waals surface area contributed by atoms with Crippen molar-refractivity contribution in [2.75, 3.05) is 19.0 Å². The molecule has 3 N–H and O–H groups in total. The van der Waals surface area contributed by atoms with Gasteiger partial charge in [0.2, 0.25) is 17.7 Å². The predicted octanol–water partition coefficient (Wildman–Crippen LogP) is 3.40. The Kier molecular flexibility index (Phi) is 8.42. The largest absolute Gasteiger partial charge is 0.394 e. The molecule has 2 aliphatic rings. The Hall–Kier alpha value is -2.38. The van der Waals surface area contributed by atoms with Crippen LogP contribution in [0.25, 0.3) is 0 Å². The number of nitrogens with zero attached hydrogens (tertiary/aromatic N) is 1. The summed E-state index contributed by atoms with van der Waals surface area (Å²) in [6.45, 7) is 7.45. The first-order chi connectivity index (χ1) is 16.2. The van der Waals surface area contributed by atoms with Crippen LogP contribution >= 0.6 is 11.6 Å². The normalized spacial score (nSPS) is 27.0. The number of anilines is 1. The molecule has 1 aromatic carbocycles. The fourth-order valence-electron chi connectivity index (χ4n) is 5.54. The Labute approximate surface area is 206 Å². The number of hydrogen-bond acceptors (Lipinski definition) is 4. The number of carbonyl (C=O) groups excluding carboxylic acids is 3. The first-order valence-electron chi connectivity index (χ1n) is 12.1. The van der Waals surface area contributed by atoms with Crippen LogP contribution in [0.4, 0.5) is 5.69 Å². The zero-order valence-corrected chi connectivity index (χ0v) is 21.3. The SMILES string of the molecule is CCC[C@@H]1C=C[C@H]2[C@H](C(=O)N([C@@H](CO)C(C)C)[C@@H]2C(=O)Nc2c(C)cccc2Cl)[C@@H]1C(=O)NC. The number of aliphatic hydroxyl groups is 1. The number of hydrogen-bond donors (Lipinski definition) is 3. The lowest BCUT2D eigenvalue weighted by Gasteiger charge is -2.35. The number of aryl methyl sites for hydroxylation is 1. The number of likely N-dealkylation sites (tertiary alicyclic amines) is 1. The Morgan fingerprint density at radius 1 is 1.21 bits per heavy atom. The molecule has 3 amide bonds. The monoisotopic (exact) mass is 489 g/mol. The van der Waals surface area contributed by atoms with Crippen LogP contribution in [-0.4, -0.2) is 53.5 Å². The average molecular weight is 490 g/mol. The van der Waals surface area contributed by atoms with Crippen molar-refractivity contribution in [3.05, 3.63) is 40.9 Å². The van der Waals surface area contributed by atoms with Crippen LogP contribution in [0.3, 0.4) is 0 Å². The number of carbonyl (C=O) groups is 3. The fraction of sp³-hybridized carbons (Fsp3) is 0.577. The van der Waals surface area contributed by atoms with E-state index in [2.05, 4.69) is 10.6 Å². The van der Waals surface area contributed by atoms with Crippen LogP contribution in [0, 0.1) is 36.5 Å². The standard InChI is InChI=1S/C26H36ClN3O4/c1-6-8-16-11-12-17-21(20(16)24(32)28-5)26(34)30(19(13-31)14(2)3)23(17)25(33)29-22-15(4)9-7-10-18(22)27/h7,9-12,14,16-17,19-21,23,31H,6,8,13H2,1-5H3,(H,28,32)(H,29,33)/t16-,17+,19+,20-,21+,23+/m1/s1. The van der Waals surface area contributed by atoms with Gasteiger partial charge in [-0.05, 0) is 36.8 Å². The first-order valence-corrected chi connectivity index (χ1v) is 12.4. The molecule has 6 atom stereocenters. The highest BCUT2D eigenvalue weighted by Crippen LogP contribution is 2.46. The van der Waals surface area contributed by atoms with Crippen molar-refractivity contribution in [3.8, 4) is 0 Å². The first kappa shape index (κ1) is 26.2. The molecule has 3 rings (SSSR count). The van der Waals surface area contributed by atoms with Gasteiger partial charge in [0.05, 0.1) is 35.2 Å². The van der Waals surface area contributed by atoms with E-state index in [1.807, 2.05) is 45.9 Å². The summed E-state index contributed by atoms with van der Waals surface area (Å²) in [5.74, 6) is -2.72. The van der Waals surface area contributed by atoms with Crippen molar-refractivity contribution in [2.24, 2.45) is 29.6 Å². The summed E-state index contributed by atoms with van der Waals surface area (Å²) in [5.41, 5.74) is 1.31. The highest BCUT2D eigenvalue weighted by molar-refractivity contribution is 6.34. The maximum absolute atomic E-state index is 13.9. The van der Waals surface area contributed by atoms with Crippen molar-refractivity contribution in [1.29, 1.82) is 0 Å². The van der Waals surface area contributed by atoms with E-state index in [0.29, 0.717) is 10.7 Å². The van der Waals surface area contributed by atoms with E-state index in [-0.39, 0.29) is 36.2 Å². The molecule has 1 saturated heterocycles. The van der Waals surface area contributed by atoms with Gasteiger partial charge in [-0.1, -0.05) is 63.1 Å². The lowest BCUT2D eigenvalue weighted by atomic mass is 9.68. The van der Waals surface area contributed by atoms with E-state index in [9.17, 15) is 19.5 Å². The molecule has 1 heterocycles. The minimum atomic E-state index is -0.862. The lowest BCUT2D eigenvalue weighted by Crippen LogP contribution is -2.52. The Balaban J connectivity index is 2.09. The predicted molar refractivity (Wildman–Crippen MR) is 133 cm³/mol. The molecular formula is C26H36ClN3O4. The summed E-state index contributed by atoms with van der Waals surface area (Å²) in [6.07, 6.45) is 5.57. The van der Waals surface area contributed by atoms with Crippen LogP contribution < -0.4 is 10.6 Å². The molecule has 0 bridgehead atoms. The van der Waals surface area contributed by atoms with Crippen LogP contribution in [0.1, 0.15) is 39.2 Å². The number of amides is 3. The Morgan fingerprint density at radius 3 is 2.47 bits per heavy atom. The zero-order valence-electron chi connectivity index (χ0n) is 20.5. The van der Waals surface area contributed by atoms with Gasteiger partial charge in [-0.3, -0.25) is 14.4 Å². The summed E-state index contributed by atoms with van der Waals surface area (Å²) in [6, 6.07) is 3.95. The van der Waals surface area contributed by atoms with Crippen LogP contribution in [0.5, 0.6) is 0 Å². The molecule has 1 aliphatic heterocycles. The molecule has 186 valence electrons. The summed E-state index contributed by atoms with van der Waals surface area (Å²) in [7, 11) is 1.57. The van der Waals surface area contributed by atoms with E-state index in [4.69, 9.17) is 11.6 Å². The van der Waals surface area contributed by atoms with Gasteiger partial charge in [-0.2, -0.15) is 0 Å². The van der Waals surface area contributed by atoms with Crippen molar-refractivity contribution in [1.82, 2.24) is 10.2 Å². The van der Waals surface area contributed by atoms with Crippen molar-refractivity contribution in [3.63, 3.8) is 0 Å². The van der Waals surface area contributed by atoms with Crippen LogP contribution in [0.15, 0.2) is 30.4 Å². The quantitative estimate of drug-likeness (QED) is 0.487. The molecule has 1 fully saturated rings. The third-order valence-corrected chi connectivity index (χ3v) is 7.59. The fourth-order valence-corrected chi connectivity index (χ4v) is 5.81. The summed E-state index contributed by atoms with van der Waals surface area (Å²) in [5, 5.41) is 16.3. The van der Waals surface area contributed by atoms with Crippen LogP contribution in [0.2, 0.25) is 5.02 Å². The number of benzene rings is 1. The Morgan fingerprint density at radius 2 is 1.91 bits per heavy atom. The molecular weight excluding hydrogens is 454 g/mol. The van der Waals surface area contributed by atoms with Gasteiger partial charge < -0.3 is 20.6 Å². The third kappa shape index (κ3) is 4.73. The Bertz CT molecular complexity index is 943. The molecule has 0 unspecified atom stereocenters. The van der Waals surface area contributed by atoms with E-state index in [1.54, 1.807) is 19.2 Å². The van der Waals surface area contributed by atoms with Crippen molar-refractivity contribution < 1.29 is 19.5 Å². The second kappa shape index (κ2) is 10.9. The average Bonchev–Trinajstić information content (AvgIpc) is 3.08. The smallest absolute Gasteiger partial charge is 0.247 e. The molecule has 1 aromatic rings. The van der Waals surface area contributed by atoms with E-state index >= 15 is 0 Å². The van der Waals surface area contributed by atoms with E-state index < -0.39 is 29.8 Å². The lowest BCUT2D eigenvalue weighted by molar-refractivity contribution is -0.143. The number of para-hydroxylation sites is 1. The number of aliphatic hydroxyl groups excluding tert-OH is 1. The molecule has 0 aromatic heterocycles. The maximum atomic E-state index is 13.9. The number of rotatable bonds is 8. The minimum absolute atomic E-state index is 0.0830. The minimum Gasteiger partial charge on any atom is -0.394 e. The summed E-state index contributed by atoms with van der Waals surface area (Å²) >= 11 is 6.36. The number of halogens is 1. The second-order valence-corrected chi connectivity index (χ2v) is 10.1. The van der Waals surface area contributed by atoms with Crippen molar-refractivity contribution in [2.45, 2.75) is 52.6 Å². The van der Waals surface area contributed by atoms with E-state index in [1.165, 1.54) is 4.90 Å². The molecule has 0 spiro atoms. The topological polar surface area (TPSA) is 98.7 Å². The van der Waals surface area contributed by atoms with E-state index in [0.717, 1.165) is 18.4 Å². The molecule has 7 nitrogen and oxygen atoms in total. The van der Waals surface area contributed by atoms with Gasteiger partial charge in [-0.15, -0.1) is 0 Å². The van der Waals surface area contributed by atoms with Crippen molar-refractivity contribution >= 4 is 35.0 Å². The van der Waals surface area contributed by atoms with Gasteiger partial charge in [-0.25, -0.2) is 0 Å². The maximum Gasteiger partial charge on any atom is 0.247 e. The highest BCUT2D eigenvalue weighted by Gasteiger charge is 2.58. The van der Waals surface area contributed by atoms with Gasteiger partial charge in [0, 0.05) is 13.0 Å². The summed E-state index contributed by atoms with van der Waals surface area (Å²) in [4.78, 5) is 42.2. The molecule has 34 heavy (non-hydrogen) atoms. The van der Waals surface area contributed by atoms with Gasteiger partial charge in [0.15, 0.2) is 0 Å². The van der Waals surface area contributed by atoms with Gasteiger partial charge in [0.25, 0.3) is 0 Å².